The van der Waals surface area contributed by atoms with Gasteiger partial charge in [-0.15, -0.1) is 0 Å². The van der Waals surface area contributed by atoms with Crippen molar-refractivity contribution in [1.29, 1.82) is 0 Å². The number of hydrazine groups is 1. The van der Waals surface area contributed by atoms with Gasteiger partial charge < -0.3 is 10.6 Å². The molecule has 0 saturated carbocycles. The average molecular weight is 503 g/mol. The van der Waals surface area contributed by atoms with E-state index >= 15 is 0 Å². The second-order valence-corrected chi connectivity index (χ2v) is 9.58. The van der Waals surface area contributed by atoms with Crippen molar-refractivity contribution in [2.75, 3.05) is 51.2 Å². The number of likely N-dealkylation sites (tertiary alicyclic amines) is 1. The summed E-state index contributed by atoms with van der Waals surface area (Å²) in [4.78, 5) is 32.0. The Hall–Kier alpha value is -2.72. The van der Waals surface area contributed by atoms with Gasteiger partial charge in [0.2, 0.25) is 0 Å². The molecule has 0 bridgehead atoms. The Kier molecular flexibility index (Phi) is 8.22. The van der Waals surface area contributed by atoms with E-state index in [0.29, 0.717) is 29.8 Å². The smallest absolute Gasteiger partial charge is 0.320 e. The molecule has 188 valence electrons. The molecule has 2 heterocycles. The van der Waals surface area contributed by atoms with Crippen molar-refractivity contribution >= 4 is 29.2 Å². The van der Waals surface area contributed by atoms with Gasteiger partial charge in [-0.3, -0.25) is 20.0 Å². The van der Waals surface area contributed by atoms with Gasteiger partial charge in [-0.25, -0.2) is 14.2 Å². The summed E-state index contributed by atoms with van der Waals surface area (Å²) in [5, 5.41) is 2.30. The molecule has 0 aromatic heterocycles. The van der Waals surface area contributed by atoms with Gasteiger partial charge in [0.25, 0.3) is 5.91 Å². The highest BCUT2D eigenvalue weighted by Crippen LogP contribution is 2.30. The van der Waals surface area contributed by atoms with E-state index in [9.17, 15) is 14.0 Å². The van der Waals surface area contributed by atoms with Gasteiger partial charge in [0.1, 0.15) is 11.9 Å². The highest BCUT2D eigenvalue weighted by atomic mass is 35.5. The largest absolute Gasteiger partial charge is 0.351 e. The van der Waals surface area contributed by atoms with Crippen molar-refractivity contribution in [3.05, 3.63) is 64.9 Å². The van der Waals surface area contributed by atoms with Gasteiger partial charge in [-0.05, 0) is 63.3 Å². The molecule has 1 unspecified atom stereocenters. The number of primary amides is 1. The molecular weight excluding hydrogens is 471 g/mol. The molecule has 2 aliphatic heterocycles. The van der Waals surface area contributed by atoms with Crippen LogP contribution in [0.2, 0.25) is 5.02 Å². The van der Waals surface area contributed by atoms with Crippen molar-refractivity contribution in [2.24, 2.45) is 5.73 Å². The third-order valence-electron chi connectivity index (χ3n) is 6.84. The summed E-state index contributed by atoms with van der Waals surface area (Å²) < 4.78 is 14.9. The number of amides is 3. The van der Waals surface area contributed by atoms with Crippen molar-refractivity contribution in [3.8, 4) is 0 Å². The van der Waals surface area contributed by atoms with Crippen LogP contribution < -0.4 is 16.1 Å². The Balaban J connectivity index is 1.51. The van der Waals surface area contributed by atoms with E-state index in [1.54, 1.807) is 30.3 Å². The number of nitrogens with one attached hydrogen (secondary N) is 1. The van der Waals surface area contributed by atoms with Crippen LogP contribution in [0.15, 0.2) is 48.5 Å². The number of halogens is 2. The van der Waals surface area contributed by atoms with Crippen LogP contribution in [0.1, 0.15) is 24.4 Å². The van der Waals surface area contributed by atoms with Crippen LogP contribution >= 0.6 is 11.6 Å². The number of nitrogens with zero attached hydrogens (tertiary/aromatic N) is 4. The van der Waals surface area contributed by atoms with Crippen LogP contribution in [0.3, 0.4) is 0 Å². The summed E-state index contributed by atoms with van der Waals surface area (Å²) in [6, 6.07) is 10.6. The molecule has 0 aliphatic carbocycles. The molecular formula is C25H32ClFN6O2. The molecule has 10 heteroatoms. The first kappa shape index (κ1) is 25.4. The molecule has 2 aromatic carbocycles. The minimum atomic E-state index is -1.29. The van der Waals surface area contributed by atoms with E-state index in [-0.39, 0.29) is 5.56 Å². The summed E-state index contributed by atoms with van der Waals surface area (Å²) in [6.07, 6.45) is 2.29. The Morgan fingerprint density at radius 2 is 1.66 bits per heavy atom. The maximum atomic E-state index is 14.9. The third kappa shape index (κ3) is 6.10. The molecule has 3 N–H and O–H groups in total. The molecule has 2 aliphatic rings. The summed E-state index contributed by atoms with van der Waals surface area (Å²) >= 11 is 6.00. The van der Waals surface area contributed by atoms with Gasteiger partial charge in [-0.1, -0.05) is 29.8 Å². The molecule has 3 amide bonds. The quantitative estimate of drug-likeness (QED) is 0.634. The van der Waals surface area contributed by atoms with E-state index in [2.05, 4.69) is 22.3 Å². The number of carbonyl (C=O) groups is 2. The first-order chi connectivity index (χ1) is 16.8. The summed E-state index contributed by atoms with van der Waals surface area (Å²) in [7, 11) is 2.15. The fourth-order valence-electron chi connectivity index (χ4n) is 4.88. The van der Waals surface area contributed by atoms with Gasteiger partial charge in [0.05, 0.1) is 0 Å². The van der Waals surface area contributed by atoms with Crippen LogP contribution in [-0.4, -0.2) is 79.1 Å². The molecule has 35 heavy (non-hydrogen) atoms. The second kappa shape index (κ2) is 11.3. The number of rotatable bonds is 6. The van der Waals surface area contributed by atoms with Crippen LogP contribution in [0.4, 0.5) is 14.9 Å². The number of carbonyl (C=O) groups excluding carboxylic acids is 2. The van der Waals surface area contributed by atoms with Crippen molar-refractivity contribution in [2.45, 2.75) is 24.9 Å². The normalized spacial score (nSPS) is 19.3. The van der Waals surface area contributed by atoms with E-state index in [4.69, 9.17) is 17.3 Å². The molecule has 8 nitrogen and oxygen atoms in total. The third-order valence-corrected chi connectivity index (χ3v) is 7.09. The Bertz CT molecular complexity index is 1020. The van der Waals surface area contributed by atoms with Gasteiger partial charge in [0.15, 0.2) is 0 Å². The lowest BCUT2D eigenvalue weighted by molar-refractivity contribution is -0.128. The maximum Gasteiger partial charge on any atom is 0.320 e. The standard InChI is InChI=1S/C25H32ClFN6O2/c1-30-12-10-19(11-13-30)31-14-16-32(17-15-31)29-24(34)23(21-4-2-3-5-22(21)27)33(25(28)35)20-8-6-18(26)7-9-20/h2-9,19,23H,10-17H2,1H3,(H2,28,35)(H,29,34). The highest BCUT2D eigenvalue weighted by Gasteiger charge is 2.35. The van der Waals surface area contributed by atoms with Crippen LogP contribution in [-0.2, 0) is 4.79 Å². The Labute approximate surface area is 210 Å². The van der Waals surface area contributed by atoms with E-state index in [1.807, 2.05) is 5.01 Å². The predicted molar refractivity (Wildman–Crippen MR) is 134 cm³/mol. The molecule has 4 rings (SSSR count). The maximum absolute atomic E-state index is 14.9. The zero-order valence-corrected chi connectivity index (χ0v) is 20.6. The van der Waals surface area contributed by atoms with Gasteiger partial charge in [-0.2, -0.15) is 0 Å². The van der Waals surface area contributed by atoms with Crippen molar-refractivity contribution in [1.82, 2.24) is 20.2 Å². The lowest BCUT2D eigenvalue weighted by Crippen LogP contribution is -2.58. The molecule has 0 radical (unpaired) electrons. The van der Waals surface area contributed by atoms with Crippen molar-refractivity contribution < 1.29 is 14.0 Å². The van der Waals surface area contributed by atoms with Gasteiger partial charge >= 0.3 is 6.03 Å². The number of anilines is 1. The minimum absolute atomic E-state index is 0.0590. The summed E-state index contributed by atoms with van der Waals surface area (Å²) in [5.74, 6) is -1.13. The number of piperazine rings is 1. The number of hydrogen-bond acceptors (Lipinski definition) is 5. The number of benzene rings is 2. The average Bonchev–Trinajstić information content (AvgIpc) is 2.85. The second-order valence-electron chi connectivity index (χ2n) is 9.14. The highest BCUT2D eigenvalue weighted by molar-refractivity contribution is 6.30. The fourth-order valence-corrected chi connectivity index (χ4v) is 5.00. The number of piperidine rings is 1. The number of urea groups is 1. The lowest BCUT2D eigenvalue weighted by atomic mass is 10.0. The van der Waals surface area contributed by atoms with E-state index < -0.39 is 23.8 Å². The van der Waals surface area contributed by atoms with Crippen LogP contribution in [0.25, 0.3) is 0 Å². The topological polar surface area (TPSA) is 85.2 Å². The monoisotopic (exact) mass is 502 g/mol. The number of nitrogens with two attached hydrogens (primary N) is 1. The Morgan fingerprint density at radius 1 is 1.03 bits per heavy atom. The molecule has 1 atom stereocenters. The number of hydrogen-bond donors (Lipinski definition) is 2. The van der Waals surface area contributed by atoms with Gasteiger partial charge in [0, 0.05) is 48.5 Å². The molecule has 0 spiro atoms. The molecule has 2 fully saturated rings. The lowest BCUT2D eigenvalue weighted by Gasteiger charge is -2.42. The van der Waals surface area contributed by atoms with E-state index in [0.717, 1.165) is 43.9 Å². The zero-order valence-electron chi connectivity index (χ0n) is 19.9. The fraction of sp³-hybridized carbons (Fsp3) is 0.440. The Morgan fingerprint density at radius 3 is 2.26 bits per heavy atom. The predicted octanol–water partition coefficient (Wildman–Crippen LogP) is 2.85. The molecule has 2 aromatic rings. The van der Waals surface area contributed by atoms with Crippen LogP contribution in [0.5, 0.6) is 0 Å². The first-order valence-corrected chi connectivity index (χ1v) is 12.3. The minimum Gasteiger partial charge on any atom is -0.351 e. The first-order valence-electron chi connectivity index (χ1n) is 11.9. The van der Waals surface area contributed by atoms with E-state index in [1.165, 1.54) is 18.2 Å². The van der Waals surface area contributed by atoms with Crippen molar-refractivity contribution in [3.63, 3.8) is 0 Å². The summed E-state index contributed by atoms with van der Waals surface area (Å²) in [5.41, 5.74) is 9.02. The molecule has 2 saturated heterocycles. The van der Waals surface area contributed by atoms with Crippen LogP contribution in [0, 0.1) is 5.82 Å². The SMILES string of the molecule is CN1CCC(N2CCN(NC(=O)C(c3ccccc3F)N(C(N)=O)c3ccc(Cl)cc3)CC2)CC1. The zero-order chi connectivity index (χ0) is 24.9. The summed E-state index contributed by atoms with van der Waals surface area (Å²) in [6.45, 7) is 5.13.